The predicted octanol–water partition coefficient (Wildman–Crippen LogP) is 7.41. The molecule has 6 unspecified atom stereocenters. The molecule has 17 heteroatoms. The molecule has 2 saturated heterocycles. The molecule has 1 saturated carbocycles. The molecule has 3 fully saturated rings. The van der Waals surface area contributed by atoms with E-state index in [9.17, 15) is 44.1 Å². The van der Waals surface area contributed by atoms with Gasteiger partial charge >= 0.3 is 11.4 Å². The molecule has 2 heterocycles. The number of phenolic OH excluding ortho intramolecular Hbond substituents is 1. The Morgan fingerprint density at radius 2 is 1.51 bits per heavy atom. The number of nitrogens with zero attached hydrogens (tertiary/aromatic N) is 5. The first-order chi connectivity index (χ1) is 29.1. The zero-order valence-corrected chi connectivity index (χ0v) is 33.1. The fourth-order valence-corrected chi connectivity index (χ4v) is 10.3. The van der Waals surface area contributed by atoms with Crippen molar-refractivity contribution in [2.24, 2.45) is 23.7 Å². The first-order valence-electron chi connectivity index (χ1n) is 19.2. The number of hydrogen-bond acceptors (Lipinski definition) is 11. The highest BCUT2D eigenvalue weighted by Gasteiger charge is 2.70. The van der Waals surface area contributed by atoms with Crippen molar-refractivity contribution < 1.29 is 38.5 Å². The van der Waals surface area contributed by atoms with Crippen molar-refractivity contribution in [1.29, 1.82) is 0 Å². The fraction of sp³-hybridized carbons (Fsp3) is 0.227. The number of nitro groups is 2. The molecular weight excluding hydrogens is 811 g/mol. The maximum atomic E-state index is 15.5. The summed E-state index contributed by atoms with van der Waals surface area (Å²) in [6.45, 7) is 0. The number of anilines is 3. The van der Waals surface area contributed by atoms with Gasteiger partial charge in [-0.2, -0.15) is 5.01 Å². The molecule has 15 nitrogen and oxygen atoms in total. The van der Waals surface area contributed by atoms with Crippen LogP contribution in [-0.4, -0.2) is 57.7 Å². The quantitative estimate of drug-likeness (QED) is 0.0683. The van der Waals surface area contributed by atoms with Crippen molar-refractivity contribution in [2.45, 2.75) is 24.2 Å². The second-order valence-corrected chi connectivity index (χ2v) is 16.3. The summed E-state index contributed by atoms with van der Waals surface area (Å²) in [6.07, 6.45) is 1.59. The lowest BCUT2D eigenvalue weighted by atomic mass is 9.49. The number of imide groups is 2. The highest BCUT2D eigenvalue weighted by Crippen LogP contribution is 2.65. The lowest BCUT2D eigenvalue weighted by molar-refractivity contribution is -0.392. The molecular formula is C44H34ClFN6O9. The van der Waals surface area contributed by atoms with Crippen LogP contribution in [0.3, 0.4) is 0 Å². The topological polar surface area (TPSA) is 197 Å². The molecule has 2 N–H and O–H groups in total. The van der Waals surface area contributed by atoms with Crippen molar-refractivity contribution in [3.8, 4) is 5.75 Å². The summed E-state index contributed by atoms with van der Waals surface area (Å²) in [5.74, 6) is -9.09. The fourth-order valence-electron chi connectivity index (χ4n) is 10.2. The summed E-state index contributed by atoms with van der Waals surface area (Å²) in [4.78, 5) is 84.6. The normalized spacial score (nSPS) is 24.3. The van der Waals surface area contributed by atoms with Crippen molar-refractivity contribution >= 4 is 74.4 Å². The van der Waals surface area contributed by atoms with Gasteiger partial charge in [-0.3, -0.25) is 44.8 Å². The predicted molar refractivity (Wildman–Crippen MR) is 221 cm³/mol. The van der Waals surface area contributed by atoms with E-state index in [0.29, 0.717) is 26.9 Å². The molecule has 5 aromatic carbocycles. The molecule has 308 valence electrons. The molecule has 0 spiro atoms. The number of fused-ring (bicyclic) bond motifs is 5. The van der Waals surface area contributed by atoms with Gasteiger partial charge in [-0.1, -0.05) is 71.8 Å². The second kappa shape index (κ2) is 14.2. The zero-order chi connectivity index (χ0) is 43.2. The smallest absolute Gasteiger partial charge is 0.301 e. The number of rotatable bonds is 8. The van der Waals surface area contributed by atoms with Gasteiger partial charge in [0.15, 0.2) is 5.69 Å². The number of halogens is 2. The molecule has 0 radical (unpaired) electrons. The number of carbonyl (C=O) groups is 4. The Kier molecular flexibility index (Phi) is 9.16. The first-order valence-corrected chi connectivity index (χ1v) is 19.6. The van der Waals surface area contributed by atoms with Crippen LogP contribution in [0.15, 0.2) is 109 Å². The molecule has 61 heavy (non-hydrogen) atoms. The maximum absolute atomic E-state index is 15.5. The molecule has 6 atom stereocenters. The Labute approximate surface area is 350 Å². The summed E-state index contributed by atoms with van der Waals surface area (Å²) < 4.78 is 14.0. The Morgan fingerprint density at radius 3 is 2.15 bits per heavy atom. The SMILES string of the molecule is CN(C)c1c([N+](=O)[O-])cc(N2C(=O)C3CC=C4C(CC5C(=O)N(Nc6ccc(F)cc6)C(=O)C5(c5ccc(Cl)cc5)C4c4ccc5ccccc5c4O)C3C2=O)cc1[N+](=O)[O-]. The molecule has 5 aromatic rings. The van der Waals surface area contributed by atoms with Crippen LogP contribution in [0, 0.1) is 49.7 Å². The van der Waals surface area contributed by atoms with Gasteiger partial charge in [0.2, 0.25) is 11.8 Å². The Bertz CT molecular complexity index is 2760. The highest BCUT2D eigenvalue weighted by molar-refractivity contribution is 6.30. The van der Waals surface area contributed by atoms with Gasteiger partial charge in [-0.25, -0.2) is 9.29 Å². The lowest BCUT2D eigenvalue weighted by Crippen LogP contribution is -2.53. The third kappa shape index (κ3) is 5.76. The summed E-state index contributed by atoms with van der Waals surface area (Å²) in [5.41, 5.74) is 0.429. The second-order valence-electron chi connectivity index (χ2n) is 15.9. The van der Waals surface area contributed by atoms with Gasteiger partial charge in [0.05, 0.1) is 44.4 Å². The monoisotopic (exact) mass is 844 g/mol. The van der Waals surface area contributed by atoms with E-state index >= 15 is 4.79 Å². The lowest BCUT2D eigenvalue weighted by Gasteiger charge is -2.50. The van der Waals surface area contributed by atoms with Gasteiger partial charge in [0.25, 0.3) is 11.8 Å². The number of nitrogens with one attached hydrogen (secondary N) is 1. The molecule has 9 rings (SSSR count). The number of allylic oxidation sites excluding steroid dienone is 2. The standard InChI is InChI=1S/C44H34ClFN6O9/c1-48(2)38-34(51(58)59)19-27(20-35(38)52(60)61)49-40(54)30-18-17-29-32(36(30)42(49)56)21-33-41(55)50(47-26-14-12-25(46)13-15-26)43(57)44(33,23-8-10-24(45)11-9-23)37(29)31-16-7-22-5-3-4-6-28(22)39(31)53/h3-17,19-20,30,32-33,36-37,47,53H,18,21H2,1-2H3. The van der Waals surface area contributed by atoms with E-state index in [0.717, 1.165) is 34.2 Å². The van der Waals surface area contributed by atoms with Crippen molar-refractivity contribution in [3.05, 3.63) is 151 Å². The molecule has 2 aliphatic carbocycles. The number of aromatic hydroxyl groups is 1. The van der Waals surface area contributed by atoms with Crippen LogP contribution in [0.2, 0.25) is 5.02 Å². The Balaban J connectivity index is 1.25. The van der Waals surface area contributed by atoms with E-state index in [2.05, 4.69) is 5.43 Å². The minimum absolute atomic E-state index is 0.0383. The highest BCUT2D eigenvalue weighted by atomic mass is 35.5. The summed E-state index contributed by atoms with van der Waals surface area (Å²) in [7, 11) is 2.79. The van der Waals surface area contributed by atoms with Crippen LogP contribution in [0.25, 0.3) is 10.8 Å². The third-order valence-corrected chi connectivity index (χ3v) is 12.9. The summed E-state index contributed by atoms with van der Waals surface area (Å²) in [6, 6.07) is 24.0. The van der Waals surface area contributed by atoms with Gasteiger partial charge in [-0.05, 0) is 66.1 Å². The first kappa shape index (κ1) is 39.3. The summed E-state index contributed by atoms with van der Waals surface area (Å²) >= 11 is 6.38. The average molecular weight is 845 g/mol. The van der Waals surface area contributed by atoms with E-state index in [-0.39, 0.29) is 41.2 Å². The van der Waals surface area contributed by atoms with Gasteiger partial charge in [0.1, 0.15) is 11.6 Å². The van der Waals surface area contributed by atoms with Crippen LogP contribution in [0.5, 0.6) is 5.75 Å². The van der Waals surface area contributed by atoms with E-state index in [1.165, 1.54) is 31.1 Å². The number of hydrazine groups is 1. The number of carbonyl (C=O) groups excluding carboxylic acids is 4. The van der Waals surface area contributed by atoms with E-state index in [1.54, 1.807) is 66.7 Å². The van der Waals surface area contributed by atoms with Crippen LogP contribution in [-0.2, 0) is 24.6 Å². The van der Waals surface area contributed by atoms with Crippen molar-refractivity contribution in [2.75, 3.05) is 29.3 Å². The van der Waals surface area contributed by atoms with Gasteiger partial charge in [-0.15, -0.1) is 0 Å². The maximum Gasteiger partial charge on any atom is 0.301 e. The average Bonchev–Trinajstić information content (AvgIpc) is 3.62. The van der Waals surface area contributed by atoms with E-state index in [4.69, 9.17) is 11.6 Å². The Morgan fingerprint density at radius 1 is 0.852 bits per heavy atom. The number of benzene rings is 5. The van der Waals surface area contributed by atoms with Crippen LogP contribution < -0.4 is 15.2 Å². The zero-order valence-electron chi connectivity index (χ0n) is 32.3. The molecule has 2 aliphatic heterocycles. The molecule has 0 aromatic heterocycles. The number of hydrogen-bond donors (Lipinski definition) is 2. The number of phenols is 1. The molecule has 0 bridgehead atoms. The van der Waals surface area contributed by atoms with Crippen LogP contribution in [0.4, 0.5) is 32.8 Å². The number of amides is 4. The van der Waals surface area contributed by atoms with E-state index < -0.39 is 85.7 Å². The summed E-state index contributed by atoms with van der Waals surface area (Å²) in [5, 5.41) is 39.2. The van der Waals surface area contributed by atoms with Crippen LogP contribution >= 0.6 is 11.6 Å². The minimum Gasteiger partial charge on any atom is -0.507 e. The van der Waals surface area contributed by atoms with E-state index in [1.807, 2.05) is 0 Å². The molecule has 4 amide bonds. The largest absolute Gasteiger partial charge is 0.507 e. The van der Waals surface area contributed by atoms with Crippen molar-refractivity contribution in [1.82, 2.24) is 5.01 Å². The van der Waals surface area contributed by atoms with Crippen molar-refractivity contribution in [3.63, 3.8) is 0 Å². The van der Waals surface area contributed by atoms with Gasteiger partial charge < -0.3 is 10.0 Å². The number of nitro benzene ring substituents is 2. The Hall–Kier alpha value is -7.20. The van der Waals surface area contributed by atoms with Gasteiger partial charge in [0, 0.05) is 48.1 Å². The van der Waals surface area contributed by atoms with Crippen LogP contribution in [0.1, 0.15) is 29.9 Å². The molecule has 4 aliphatic rings. The minimum atomic E-state index is -1.78. The third-order valence-electron chi connectivity index (χ3n) is 12.7.